The number of amides is 1. The number of aliphatic hydroxyl groups is 1. The summed E-state index contributed by atoms with van der Waals surface area (Å²) in [6.45, 7) is -0.121. The summed E-state index contributed by atoms with van der Waals surface area (Å²) in [6, 6.07) is 9.01. The van der Waals surface area contributed by atoms with E-state index in [1.807, 2.05) is 12.1 Å². The highest BCUT2D eigenvalue weighted by Gasteiger charge is 2.15. The maximum atomic E-state index is 11.3. The van der Waals surface area contributed by atoms with Crippen LogP contribution in [0.4, 0.5) is 5.69 Å². The van der Waals surface area contributed by atoms with Crippen molar-refractivity contribution in [3.63, 3.8) is 0 Å². The van der Waals surface area contributed by atoms with E-state index in [1.165, 1.54) is 0 Å². The van der Waals surface area contributed by atoms with Gasteiger partial charge in [0.25, 0.3) is 0 Å². The van der Waals surface area contributed by atoms with Crippen molar-refractivity contribution in [2.24, 2.45) is 0 Å². The van der Waals surface area contributed by atoms with E-state index in [0.717, 1.165) is 11.3 Å². The van der Waals surface area contributed by atoms with Crippen molar-refractivity contribution in [2.75, 3.05) is 5.32 Å². The van der Waals surface area contributed by atoms with E-state index in [1.54, 1.807) is 24.4 Å². The lowest BCUT2D eigenvalue weighted by Gasteiger charge is -2.17. The molecule has 0 spiro atoms. The van der Waals surface area contributed by atoms with E-state index in [4.69, 9.17) is 4.74 Å². The van der Waals surface area contributed by atoms with E-state index >= 15 is 0 Å². The highest BCUT2D eigenvalue weighted by Crippen LogP contribution is 2.29. The summed E-state index contributed by atoms with van der Waals surface area (Å²) in [5, 5.41) is 12.1. The molecule has 0 saturated heterocycles. The van der Waals surface area contributed by atoms with Gasteiger partial charge in [-0.25, -0.2) is 4.98 Å². The van der Waals surface area contributed by atoms with Gasteiger partial charge in [0.2, 0.25) is 11.8 Å². The van der Waals surface area contributed by atoms with Crippen molar-refractivity contribution < 1.29 is 14.6 Å². The molecule has 0 unspecified atom stereocenters. The first-order valence-corrected chi connectivity index (χ1v) is 6.41. The average molecular weight is 270 g/mol. The van der Waals surface area contributed by atoms with Crippen molar-refractivity contribution in [3.8, 4) is 11.6 Å². The van der Waals surface area contributed by atoms with Gasteiger partial charge >= 0.3 is 0 Å². The minimum Gasteiger partial charge on any atom is -0.439 e. The zero-order valence-corrected chi connectivity index (χ0v) is 10.8. The molecule has 0 fully saturated rings. The van der Waals surface area contributed by atoms with Crippen LogP contribution in [-0.4, -0.2) is 16.0 Å². The number of carbonyl (C=O) groups is 1. The average Bonchev–Trinajstić information content (AvgIpc) is 2.48. The number of aromatic nitrogens is 1. The number of anilines is 1. The molecule has 5 nitrogen and oxygen atoms in total. The number of hydrogen-bond donors (Lipinski definition) is 2. The Bertz CT molecular complexity index is 655. The minimum absolute atomic E-state index is 0.0402. The highest BCUT2D eigenvalue weighted by molar-refractivity contribution is 5.94. The molecule has 5 heteroatoms. The monoisotopic (exact) mass is 270 g/mol. The first-order valence-electron chi connectivity index (χ1n) is 6.41. The smallest absolute Gasteiger partial charge is 0.224 e. The zero-order chi connectivity index (χ0) is 13.9. The van der Waals surface area contributed by atoms with Crippen LogP contribution < -0.4 is 10.1 Å². The zero-order valence-electron chi connectivity index (χ0n) is 10.8. The van der Waals surface area contributed by atoms with Gasteiger partial charge in [0, 0.05) is 23.9 Å². The lowest BCUT2D eigenvalue weighted by Crippen LogP contribution is -2.18. The molecule has 1 aliphatic heterocycles. The molecule has 0 radical (unpaired) electrons. The van der Waals surface area contributed by atoms with E-state index in [2.05, 4.69) is 10.3 Å². The van der Waals surface area contributed by atoms with E-state index in [9.17, 15) is 9.90 Å². The Kier molecular flexibility index (Phi) is 3.35. The maximum Gasteiger partial charge on any atom is 0.224 e. The Hall–Kier alpha value is -2.40. The molecule has 1 aliphatic rings. The van der Waals surface area contributed by atoms with Gasteiger partial charge < -0.3 is 15.2 Å². The van der Waals surface area contributed by atoms with Gasteiger partial charge in [-0.1, -0.05) is 0 Å². The van der Waals surface area contributed by atoms with Gasteiger partial charge in [0.1, 0.15) is 5.75 Å². The number of hydrogen-bond acceptors (Lipinski definition) is 4. The number of ether oxygens (including phenoxy) is 1. The minimum atomic E-state index is -0.121. The topological polar surface area (TPSA) is 71.5 Å². The van der Waals surface area contributed by atoms with Crippen LogP contribution in [0.2, 0.25) is 0 Å². The number of nitrogens with zero attached hydrogens (tertiary/aromatic N) is 1. The van der Waals surface area contributed by atoms with Crippen LogP contribution in [0.15, 0.2) is 36.5 Å². The van der Waals surface area contributed by atoms with Crippen LogP contribution in [0.25, 0.3) is 0 Å². The summed E-state index contributed by atoms with van der Waals surface area (Å²) in [5.41, 5.74) is 2.51. The predicted octanol–water partition coefficient (Wildman–Crippen LogP) is 2.25. The fourth-order valence-electron chi connectivity index (χ4n) is 2.17. The fourth-order valence-corrected chi connectivity index (χ4v) is 2.17. The summed E-state index contributed by atoms with van der Waals surface area (Å²) >= 11 is 0. The molecule has 0 bridgehead atoms. The first-order chi connectivity index (χ1) is 9.76. The second-order valence-corrected chi connectivity index (χ2v) is 4.59. The van der Waals surface area contributed by atoms with Gasteiger partial charge in [-0.2, -0.15) is 0 Å². The predicted molar refractivity (Wildman–Crippen MR) is 73.6 cm³/mol. The number of aryl methyl sites for hydroxylation is 1. The summed E-state index contributed by atoms with van der Waals surface area (Å²) in [6.07, 6.45) is 2.81. The first kappa shape index (κ1) is 12.6. The number of pyridine rings is 1. The standard InChI is InChI=1S/C15H14N2O3/c18-9-11-2-1-7-16-15(11)20-12-4-5-13-10(8-12)3-6-14(19)17-13/h1-2,4-5,7-8,18H,3,6,9H2,(H,17,19). The molecule has 102 valence electrons. The van der Waals surface area contributed by atoms with Crippen LogP contribution in [0.5, 0.6) is 11.6 Å². The van der Waals surface area contributed by atoms with Crippen LogP contribution in [0.1, 0.15) is 17.5 Å². The summed E-state index contributed by atoms with van der Waals surface area (Å²) < 4.78 is 5.71. The van der Waals surface area contributed by atoms with Gasteiger partial charge in [-0.05, 0) is 42.3 Å². The molecule has 1 aromatic carbocycles. The second-order valence-electron chi connectivity index (χ2n) is 4.59. The maximum absolute atomic E-state index is 11.3. The van der Waals surface area contributed by atoms with Crippen molar-refractivity contribution in [1.82, 2.24) is 4.98 Å². The highest BCUT2D eigenvalue weighted by atomic mass is 16.5. The van der Waals surface area contributed by atoms with Crippen LogP contribution >= 0.6 is 0 Å². The van der Waals surface area contributed by atoms with Crippen LogP contribution in [0.3, 0.4) is 0 Å². The molecule has 3 rings (SSSR count). The van der Waals surface area contributed by atoms with Gasteiger partial charge in [0.05, 0.1) is 6.61 Å². The van der Waals surface area contributed by atoms with E-state index in [0.29, 0.717) is 30.0 Å². The molecule has 2 heterocycles. The number of carbonyl (C=O) groups excluding carboxylic acids is 1. The third-order valence-corrected chi connectivity index (χ3v) is 3.21. The third-order valence-electron chi connectivity index (χ3n) is 3.21. The molecule has 0 saturated carbocycles. The quantitative estimate of drug-likeness (QED) is 0.897. The van der Waals surface area contributed by atoms with Crippen molar-refractivity contribution >= 4 is 11.6 Å². The molecule has 1 aromatic heterocycles. The Labute approximate surface area is 116 Å². The molecule has 1 amide bonds. The Morgan fingerprint density at radius 2 is 2.20 bits per heavy atom. The molecule has 2 aromatic rings. The second kappa shape index (κ2) is 5.30. The number of fused-ring (bicyclic) bond motifs is 1. The molecule has 0 atom stereocenters. The fraction of sp³-hybridized carbons (Fsp3) is 0.200. The molecule has 2 N–H and O–H groups in total. The lowest BCUT2D eigenvalue weighted by atomic mass is 10.0. The molecule has 20 heavy (non-hydrogen) atoms. The van der Waals surface area contributed by atoms with E-state index < -0.39 is 0 Å². The molecular formula is C15H14N2O3. The molecule has 0 aliphatic carbocycles. The van der Waals surface area contributed by atoms with Crippen LogP contribution in [-0.2, 0) is 17.8 Å². The summed E-state index contributed by atoms with van der Waals surface area (Å²) in [4.78, 5) is 15.4. The SMILES string of the molecule is O=C1CCc2cc(Oc3ncccc3CO)ccc2N1. The Morgan fingerprint density at radius 3 is 3.05 bits per heavy atom. The molecular weight excluding hydrogens is 256 g/mol. The number of nitrogens with one attached hydrogen (secondary N) is 1. The number of benzene rings is 1. The largest absolute Gasteiger partial charge is 0.439 e. The number of aliphatic hydroxyl groups excluding tert-OH is 1. The third kappa shape index (κ3) is 2.48. The van der Waals surface area contributed by atoms with E-state index in [-0.39, 0.29) is 12.5 Å². The van der Waals surface area contributed by atoms with Gasteiger partial charge in [-0.3, -0.25) is 4.79 Å². The number of rotatable bonds is 3. The van der Waals surface area contributed by atoms with Crippen molar-refractivity contribution in [1.29, 1.82) is 0 Å². The Morgan fingerprint density at radius 1 is 1.30 bits per heavy atom. The Balaban J connectivity index is 1.87. The lowest BCUT2D eigenvalue weighted by molar-refractivity contribution is -0.116. The van der Waals surface area contributed by atoms with Crippen molar-refractivity contribution in [3.05, 3.63) is 47.7 Å². The van der Waals surface area contributed by atoms with Crippen molar-refractivity contribution in [2.45, 2.75) is 19.4 Å². The normalized spacial score (nSPS) is 13.6. The summed E-state index contributed by atoms with van der Waals surface area (Å²) in [7, 11) is 0. The summed E-state index contributed by atoms with van der Waals surface area (Å²) in [5.74, 6) is 1.08. The van der Waals surface area contributed by atoms with Gasteiger partial charge in [-0.15, -0.1) is 0 Å². The van der Waals surface area contributed by atoms with Crippen LogP contribution in [0, 0.1) is 0 Å². The van der Waals surface area contributed by atoms with Gasteiger partial charge in [0.15, 0.2) is 0 Å².